The van der Waals surface area contributed by atoms with Crippen molar-refractivity contribution in [2.24, 2.45) is 0 Å². The average Bonchev–Trinajstić information content (AvgIpc) is 3.23. The minimum atomic E-state index is -0.481. The predicted octanol–water partition coefficient (Wildman–Crippen LogP) is 4.92. The van der Waals surface area contributed by atoms with Gasteiger partial charge in [-0.3, -0.25) is 9.78 Å². The first kappa shape index (κ1) is 20.0. The summed E-state index contributed by atoms with van der Waals surface area (Å²) < 4.78 is 1.75. The largest absolute Gasteiger partial charge is 0.328 e. The van der Waals surface area contributed by atoms with E-state index in [2.05, 4.69) is 20.6 Å². The van der Waals surface area contributed by atoms with Gasteiger partial charge >= 0.3 is 0 Å². The molecule has 4 aromatic rings. The number of carbonyl (C=O) groups is 1. The second-order valence-electron chi connectivity index (χ2n) is 7.38. The molecule has 32 heavy (non-hydrogen) atoms. The summed E-state index contributed by atoms with van der Waals surface area (Å²) in [5.41, 5.74) is 3.61. The van der Waals surface area contributed by atoms with Crippen LogP contribution in [0.2, 0.25) is 5.02 Å². The number of pyridine rings is 1. The molecule has 5 rings (SSSR count). The van der Waals surface area contributed by atoms with Crippen LogP contribution in [-0.4, -0.2) is 25.7 Å². The molecule has 7 nitrogen and oxygen atoms in total. The third kappa shape index (κ3) is 3.74. The highest BCUT2D eigenvalue weighted by atomic mass is 35.5. The zero-order valence-corrected chi connectivity index (χ0v) is 17.9. The lowest BCUT2D eigenvalue weighted by Crippen LogP contribution is -2.31. The third-order valence-electron chi connectivity index (χ3n) is 5.23. The van der Waals surface area contributed by atoms with Crippen LogP contribution < -0.4 is 10.6 Å². The highest BCUT2D eigenvalue weighted by Gasteiger charge is 2.34. The number of hydrogen-bond acceptors (Lipinski definition) is 5. The monoisotopic (exact) mass is 442 g/mol. The fourth-order valence-corrected chi connectivity index (χ4v) is 3.87. The maximum absolute atomic E-state index is 13.4. The molecule has 0 saturated carbocycles. The molecule has 1 aliphatic rings. The van der Waals surface area contributed by atoms with Crippen LogP contribution in [0, 0.1) is 0 Å². The van der Waals surface area contributed by atoms with Crippen LogP contribution in [-0.2, 0) is 4.79 Å². The van der Waals surface area contributed by atoms with E-state index >= 15 is 0 Å². The SMILES string of the molecule is CC1=C(C(=O)Nc2cccnc2)C(c2ccc(Cl)cc2)n2nc(-c3ccccc3)nc2N1. The van der Waals surface area contributed by atoms with Gasteiger partial charge in [0.05, 0.1) is 17.5 Å². The Morgan fingerprint density at radius 2 is 1.84 bits per heavy atom. The van der Waals surface area contributed by atoms with Crippen LogP contribution in [0.1, 0.15) is 18.5 Å². The first-order chi connectivity index (χ1) is 15.6. The Balaban J connectivity index is 1.60. The Kier molecular flexibility index (Phi) is 5.17. The van der Waals surface area contributed by atoms with E-state index in [0.29, 0.717) is 33.8 Å². The molecule has 0 radical (unpaired) electrons. The van der Waals surface area contributed by atoms with Crippen LogP contribution in [0.15, 0.2) is 90.4 Å². The summed E-state index contributed by atoms with van der Waals surface area (Å²) in [7, 11) is 0. The molecule has 3 heterocycles. The summed E-state index contributed by atoms with van der Waals surface area (Å²) in [6.07, 6.45) is 3.27. The fraction of sp³-hybridized carbons (Fsp3) is 0.0833. The molecule has 0 fully saturated rings. The van der Waals surface area contributed by atoms with Crippen LogP contribution in [0.25, 0.3) is 11.4 Å². The van der Waals surface area contributed by atoms with Crippen molar-refractivity contribution >= 4 is 29.1 Å². The minimum absolute atomic E-state index is 0.245. The molecule has 2 N–H and O–H groups in total. The van der Waals surface area contributed by atoms with Crippen molar-refractivity contribution in [2.75, 3.05) is 10.6 Å². The van der Waals surface area contributed by atoms with Crippen molar-refractivity contribution in [2.45, 2.75) is 13.0 Å². The predicted molar refractivity (Wildman–Crippen MR) is 124 cm³/mol. The van der Waals surface area contributed by atoms with E-state index < -0.39 is 6.04 Å². The van der Waals surface area contributed by atoms with Gasteiger partial charge < -0.3 is 10.6 Å². The molecular formula is C24H19ClN6O. The van der Waals surface area contributed by atoms with Crippen LogP contribution in [0.3, 0.4) is 0 Å². The third-order valence-corrected chi connectivity index (χ3v) is 5.49. The smallest absolute Gasteiger partial charge is 0.255 e. The molecule has 1 unspecified atom stereocenters. The number of rotatable bonds is 4. The topological polar surface area (TPSA) is 84.7 Å². The molecule has 0 spiro atoms. The molecule has 1 amide bonds. The van der Waals surface area contributed by atoms with E-state index in [1.54, 1.807) is 41.3 Å². The van der Waals surface area contributed by atoms with E-state index in [1.807, 2.05) is 49.4 Å². The van der Waals surface area contributed by atoms with Gasteiger partial charge in [0.2, 0.25) is 5.95 Å². The molecule has 1 atom stereocenters. The van der Waals surface area contributed by atoms with Gasteiger partial charge in [-0.1, -0.05) is 54.1 Å². The summed E-state index contributed by atoms with van der Waals surface area (Å²) in [5, 5.41) is 11.6. The second kappa shape index (κ2) is 8.28. The molecule has 0 aliphatic carbocycles. The van der Waals surface area contributed by atoms with Crippen molar-refractivity contribution < 1.29 is 4.79 Å². The second-order valence-corrected chi connectivity index (χ2v) is 7.82. The molecule has 0 bridgehead atoms. The Morgan fingerprint density at radius 3 is 2.56 bits per heavy atom. The number of carbonyl (C=O) groups excluding carboxylic acids is 1. The van der Waals surface area contributed by atoms with Gasteiger partial charge in [0, 0.05) is 22.5 Å². The van der Waals surface area contributed by atoms with E-state index in [-0.39, 0.29) is 5.91 Å². The standard InChI is InChI=1S/C24H19ClN6O/c1-15-20(23(32)28-19-8-5-13-26-14-19)21(16-9-11-18(25)12-10-16)31-24(27-15)29-22(30-31)17-6-3-2-4-7-17/h2-14,21H,1H3,(H,28,32)(H,27,29,30). The van der Waals surface area contributed by atoms with Gasteiger partial charge in [0.1, 0.15) is 6.04 Å². The number of fused-ring (bicyclic) bond motifs is 1. The number of halogens is 1. The molecule has 158 valence electrons. The molecule has 2 aromatic carbocycles. The summed E-state index contributed by atoms with van der Waals surface area (Å²) in [4.78, 5) is 22.1. The Bertz CT molecular complexity index is 1300. The lowest BCUT2D eigenvalue weighted by molar-refractivity contribution is -0.113. The first-order valence-corrected chi connectivity index (χ1v) is 10.4. The number of allylic oxidation sites excluding steroid dienone is 1. The zero-order valence-electron chi connectivity index (χ0n) is 17.2. The summed E-state index contributed by atoms with van der Waals surface area (Å²) in [5.74, 6) is 0.901. The number of anilines is 2. The van der Waals surface area contributed by atoms with Gasteiger partial charge in [-0.05, 0) is 36.8 Å². The first-order valence-electron chi connectivity index (χ1n) is 10.1. The zero-order chi connectivity index (χ0) is 22.1. The highest BCUT2D eigenvalue weighted by Crippen LogP contribution is 2.37. The van der Waals surface area contributed by atoms with Crippen LogP contribution >= 0.6 is 11.6 Å². The highest BCUT2D eigenvalue weighted by molar-refractivity contribution is 6.30. The Labute approximate surface area is 189 Å². The van der Waals surface area contributed by atoms with Gasteiger partial charge in [0.25, 0.3) is 5.91 Å². The average molecular weight is 443 g/mol. The van der Waals surface area contributed by atoms with Gasteiger partial charge in [-0.2, -0.15) is 4.98 Å². The molecular weight excluding hydrogens is 424 g/mol. The quantitative estimate of drug-likeness (QED) is 0.468. The fourth-order valence-electron chi connectivity index (χ4n) is 3.74. The number of amides is 1. The Morgan fingerprint density at radius 1 is 1.06 bits per heavy atom. The lowest BCUT2D eigenvalue weighted by Gasteiger charge is -2.28. The lowest BCUT2D eigenvalue weighted by atomic mass is 9.95. The van der Waals surface area contributed by atoms with Gasteiger partial charge in [0.15, 0.2) is 5.82 Å². The van der Waals surface area contributed by atoms with Crippen molar-refractivity contribution in [3.63, 3.8) is 0 Å². The molecule has 2 aromatic heterocycles. The molecule has 8 heteroatoms. The number of hydrogen-bond donors (Lipinski definition) is 2. The van der Waals surface area contributed by atoms with Crippen molar-refractivity contribution in [3.8, 4) is 11.4 Å². The van der Waals surface area contributed by atoms with Crippen molar-refractivity contribution in [3.05, 3.63) is 101 Å². The van der Waals surface area contributed by atoms with E-state index in [0.717, 1.165) is 11.1 Å². The van der Waals surface area contributed by atoms with Crippen molar-refractivity contribution in [1.29, 1.82) is 0 Å². The number of nitrogens with zero attached hydrogens (tertiary/aromatic N) is 4. The van der Waals surface area contributed by atoms with Crippen LogP contribution in [0.5, 0.6) is 0 Å². The minimum Gasteiger partial charge on any atom is -0.328 e. The van der Waals surface area contributed by atoms with Crippen LogP contribution in [0.4, 0.5) is 11.6 Å². The maximum atomic E-state index is 13.4. The van der Waals surface area contributed by atoms with Gasteiger partial charge in [-0.15, -0.1) is 5.10 Å². The summed E-state index contributed by atoms with van der Waals surface area (Å²) in [6.45, 7) is 1.86. The number of benzene rings is 2. The van der Waals surface area contributed by atoms with E-state index in [1.165, 1.54) is 0 Å². The summed E-state index contributed by atoms with van der Waals surface area (Å²) in [6, 6.07) is 20.2. The normalized spacial score (nSPS) is 15.1. The molecule has 1 aliphatic heterocycles. The molecule has 0 saturated heterocycles. The van der Waals surface area contributed by atoms with E-state index in [9.17, 15) is 4.79 Å². The maximum Gasteiger partial charge on any atom is 0.255 e. The summed E-state index contributed by atoms with van der Waals surface area (Å²) >= 11 is 6.12. The number of nitrogens with one attached hydrogen (secondary N) is 2. The Hall–Kier alpha value is -3.97. The van der Waals surface area contributed by atoms with Crippen molar-refractivity contribution in [1.82, 2.24) is 19.7 Å². The number of aromatic nitrogens is 4. The van der Waals surface area contributed by atoms with Gasteiger partial charge in [-0.25, -0.2) is 4.68 Å². The van der Waals surface area contributed by atoms with E-state index in [4.69, 9.17) is 16.7 Å².